The molecule has 1 aliphatic rings. The maximum Gasteiger partial charge on any atom is 0.262 e. The Morgan fingerprint density at radius 2 is 1.81 bits per heavy atom. The lowest BCUT2D eigenvalue weighted by molar-refractivity contribution is -0.118. The van der Waals surface area contributed by atoms with Gasteiger partial charge in [0.2, 0.25) is 0 Å². The van der Waals surface area contributed by atoms with Crippen LogP contribution in [0.1, 0.15) is 21.5 Å². The number of fused-ring (bicyclic) bond motifs is 1. The molecule has 2 amide bonds. The number of benzene rings is 3. The zero-order chi connectivity index (χ0) is 21.8. The standard InChI is InChI=1S/C24H20BrClN2O3/c25-17-6-10-19(11-7-17)27-23(29)15-31-22-3-1-2-21-20(22)12-13-28(24(21)30)14-16-4-8-18(26)9-5-16/h1-11H,12-15H2,(H,27,29). The fourth-order valence-corrected chi connectivity index (χ4v) is 3.90. The normalized spacial score (nSPS) is 13.0. The lowest BCUT2D eigenvalue weighted by Gasteiger charge is -2.29. The molecule has 1 heterocycles. The van der Waals surface area contributed by atoms with Crippen molar-refractivity contribution in [2.45, 2.75) is 13.0 Å². The van der Waals surface area contributed by atoms with Gasteiger partial charge in [0.25, 0.3) is 11.8 Å². The summed E-state index contributed by atoms with van der Waals surface area (Å²) in [5, 5.41) is 3.47. The summed E-state index contributed by atoms with van der Waals surface area (Å²) in [6.45, 7) is 0.977. The van der Waals surface area contributed by atoms with E-state index in [0.29, 0.717) is 41.5 Å². The van der Waals surface area contributed by atoms with E-state index in [4.69, 9.17) is 16.3 Å². The molecule has 0 aromatic heterocycles. The van der Waals surface area contributed by atoms with Crippen LogP contribution < -0.4 is 10.1 Å². The van der Waals surface area contributed by atoms with Gasteiger partial charge in [-0.3, -0.25) is 9.59 Å². The van der Waals surface area contributed by atoms with Gasteiger partial charge in [-0.25, -0.2) is 0 Å². The van der Waals surface area contributed by atoms with Gasteiger partial charge in [-0.05, 0) is 60.5 Å². The van der Waals surface area contributed by atoms with E-state index in [2.05, 4.69) is 21.2 Å². The highest BCUT2D eigenvalue weighted by molar-refractivity contribution is 9.10. The van der Waals surface area contributed by atoms with Crippen LogP contribution in [-0.4, -0.2) is 29.9 Å². The minimum absolute atomic E-state index is 0.0408. The Hall–Kier alpha value is -2.83. The van der Waals surface area contributed by atoms with Crippen molar-refractivity contribution in [3.63, 3.8) is 0 Å². The van der Waals surface area contributed by atoms with Crippen molar-refractivity contribution in [3.05, 3.63) is 92.9 Å². The van der Waals surface area contributed by atoms with Crippen molar-refractivity contribution in [1.82, 2.24) is 4.90 Å². The van der Waals surface area contributed by atoms with E-state index >= 15 is 0 Å². The molecule has 3 aromatic rings. The average Bonchev–Trinajstić information content (AvgIpc) is 2.77. The van der Waals surface area contributed by atoms with Gasteiger partial charge in [0.15, 0.2) is 6.61 Å². The van der Waals surface area contributed by atoms with E-state index in [0.717, 1.165) is 15.6 Å². The highest BCUT2D eigenvalue weighted by Crippen LogP contribution is 2.29. The van der Waals surface area contributed by atoms with E-state index in [-0.39, 0.29) is 18.4 Å². The van der Waals surface area contributed by atoms with Gasteiger partial charge in [-0.2, -0.15) is 0 Å². The number of carbonyl (C=O) groups excluding carboxylic acids is 2. The summed E-state index contributed by atoms with van der Waals surface area (Å²) in [6.07, 6.45) is 0.666. The molecule has 0 fully saturated rings. The molecule has 0 saturated carbocycles. The first-order valence-electron chi connectivity index (χ1n) is 9.83. The minimum atomic E-state index is -0.258. The number of anilines is 1. The first-order chi connectivity index (χ1) is 15.0. The Labute approximate surface area is 194 Å². The number of carbonyl (C=O) groups is 2. The van der Waals surface area contributed by atoms with Gasteiger partial charge >= 0.3 is 0 Å². The van der Waals surface area contributed by atoms with Gasteiger partial charge in [-0.1, -0.05) is 45.7 Å². The second kappa shape index (κ2) is 9.54. The number of hydrogen-bond donors (Lipinski definition) is 1. The Morgan fingerprint density at radius 1 is 1.06 bits per heavy atom. The first kappa shape index (κ1) is 21.4. The Morgan fingerprint density at radius 3 is 2.55 bits per heavy atom. The van der Waals surface area contributed by atoms with Crippen LogP contribution in [0.25, 0.3) is 0 Å². The van der Waals surface area contributed by atoms with Crippen molar-refractivity contribution < 1.29 is 14.3 Å². The fraction of sp³-hybridized carbons (Fsp3) is 0.167. The van der Waals surface area contributed by atoms with Crippen LogP contribution in [0.4, 0.5) is 5.69 Å². The first-order valence-corrected chi connectivity index (χ1v) is 11.0. The molecule has 3 aromatic carbocycles. The molecule has 31 heavy (non-hydrogen) atoms. The smallest absolute Gasteiger partial charge is 0.262 e. The Bertz CT molecular complexity index is 1100. The third-order valence-electron chi connectivity index (χ3n) is 5.06. The van der Waals surface area contributed by atoms with Crippen molar-refractivity contribution in [2.75, 3.05) is 18.5 Å². The summed E-state index contributed by atoms with van der Waals surface area (Å²) in [5.41, 5.74) is 3.18. The molecule has 0 saturated heterocycles. The molecular weight excluding hydrogens is 480 g/mol. The second-order valence-corrected chi connectivity index (χ2v) is 8.58. The molecule has 0 aliphatic carbocycles. The summed E-state index contributed by atoms with van der Waals surface area (Å²) in [5.74, 6) is 0.273. The quantitative estimate of drug-likeness (QED) is 0.499. The Kier molecular flexibility index (Phi) is 6.59. The summed E-state index contributed by atoms with van der Waals surface area (Å²) >= 11 is 9.31. The van der Waals surface area contributed by atoms with Crippen molar-refractivity contribution in [2.24, 2.45) is 0 Å². The third kappa shape index (κ3) is 5.27. The molecule has 0 unspecified atom stereocenters. The van der Waals surface area contributed by atoms with Gasteiger partial charge in [-0.15, -0.1) is 0 Å². The molecule has 158 valence electrons. The lowest BCUT2D eigenvalue weighted by atomic mass is 9.97. The maximum atomic E-state index is 13.0. The summed E-state index contributed by atoms with van der Waals surface area (Å²) in [7, 11) is 0. The SMILES string of the molecule is O=C(COc1cccc2c1CCN(Cc1ccc(Cl)cc1)C2=O)Nc1ccc(Br)cc1. The van der Waals surface area contributed by atoms with Crippen LogP contribution in [0.15, 0.2) is 71.2 Å². The van der Waals surface area contributed by atoms with Crippen LogP contribution >= 0.6 is 27.5 Å². The number of nitrogens with one attached hydrogen (secondary N) is 1. The molecule has 1 aliphatic heterocycles. The molecule has 4 rings (SSSR count). The van der Waals surface area contributed by atoms with Gasteiger partial charge in [0.05, 0.1) is 0 Å². The lowest BCUT2D eigenvalue weighted by Crippen LogP contribution is -2.37. The fourth-order valence-electron chi connectivity index (χ4n) is 3.51. The van der Waals surface area contributed by atoms with E-state index in [1.807, 2.05) is 41.3 Å². The van der Waals surface area contributed by atoms with E-state index in [1.54, 1.807) is 30.3 Å². The van der Waals surface area contributed by atoms with Crippen LogP contribution in [0, 0.1) is 0 Å². The molecule has 0 bridgehead atoms. The summed E-state index contributed by atoms with van der Waals surface area (Å²) in [4.78, 5) is 27.1. The van der Waals surface area contributed by atoms with E-state index in [9.17, 15) is 9.59 Å². The zero-order valence-corrected chi connectivity index (χ0v) is 18.9. The summed E-state index contributed by atoms with van der Waals surface area (Å²) < 4.78 is 6.71. The highest BCUT2D eigenvalue weighted by atomic mass is 79.9. The molecule has 1 N–H and O–H groups in total. The summed E-state index contributed by atoms with van der Waals surface area (Å²) in [6, 6.07) is 20.2. The second-order valence-electron chi connectivity index (χ2n) is 7.23. The molecular formula is C24H20BrClN2O3. The van der Waals surface area contributed by atoms with E-state index in [1.165, 1.54) is 0 Å². The molecule has 0 radical (unpaired) electrons. The van der Waals surface area contributed by atoms with Gasteiger partial charge in [0, 0.05) is 39.4 Å². The van der Waals surface area contributed by atoms with Gasteiger partial charge < -0.3 is 15.0 Å². The highest BCUT2D eigenvalue weighted by Gasteiger charge is 2.26. The van der Waals surface area contributed by atoms with E-state index < -0.39 is 0 Å². The minimum Gasteiger partial charge on any atom is -0.483 e. The number of amides is 2. The third-order valence-corrected chi connectivity index (χ3v) is 5.84. The van der Waals surface area contributed by atoms with Crippen LogP contribution in [0.5, 0.6) is 5.75 Å². The number of ether oxygens (including phenoxy) is 1. The largest absolute Gasteiger partial charge is 0.483 e. The Balaban J connectivity index is 1.41. The van der Waals surface area contributed by atoms with Crippen LogP contribution in [0.3, 0.4) is 0 Å². The average molecular weight is 500 g/mol. The van der Waals surface area contributed by atoms with Crippen molar-refractivity contribution >= 4 is 45.0 Å². The van der Waals surface area contributed by atoms with Crippen LogP contribution in [-0.2, 0) is 17.8 Å². The number of hydrogen-bond acceptors (Lipinski definition) is 3. The van der Waals surface area contributed by atoms with Crippen molar-refractivity contribution in [3.8, 4) is 5.75 Å². The number of nitrogens with zero attached hydrogens (tertiary/aromatic N) is 1. The topological polar surface area (TPSA) is 58.6 Å². The maximum absolute atomic E-state index is 13.0. The predicted octanol–water partition coefficient (Wildman–Crippen LogP) is 5.32. The molecule has 0 atom stereocenters. The molecule has 7 heteroatoms. The van der Waals surface area contributed by atoms with Crippen LogP contribution in [0.2, 0.25) is 5.02 Å². The monoisotopic (exact) mass is 498 g/mol. The van der Waals surface area contributed by atoms with Gasteiger partial charge in [0.1, 0.15) is 5.75 Å². The number of halogens is 2. The zero-order valence-electron chi connectivity index (χ0n) is 16.6. The van der Waals surface area contributed by atoms with Crippen molar-refractivity contribution in [1.29, 1.82) is 0 Å². The molecule has 0 spiro atoms. The molecule has 5 nitrogen and oxygen atoms in total. The predicted molar refractivity (Wildman–Crippen MR) is 125 cm³/mol. The number of rotatable bonds is 6.